The van der Waals surface area contributed by atoms with Crippen molar-refractivity contribution in [2.24, 2.45) is 0 Å². The number of allylic oxidation sites excluding steroid dienone is 4. The number of hydrogen-bond donors (Lipinski definition) is 1. The number of hydrogen-bond acceptors (Lipinski definition) is 4. The monoisotopic (exact) mass is 230 g/mol. The Morgan fingerprint density at radius 2 is 1.94 bits per heavy atom. The molecule has 0 bridgehead atoms. The summed E-state index contributed by atoms with van der Waals surface area (Å²) in [6.07, 6.45) is 3.38. The average Bonchev–Trinajstić information content (AvgIpc) is 2.34. The van der Waals surface area contributed by atoms with Crippen LogP contribution in [-0.2, 0) is 9.59 Å². The van der Waals surface area contributed by atoms with Gasteiger partial charge in [0.2, 0.25) is 5.78 Å². The van der Waals surface area contributed by atoms with Crippen molar-refractivity contribution in [2.75, 3.05) is 0 Å². The van der Waals surface area contributed by atoms with Gasteiger partial charge in [-0.1, -0.05) is 18.2 Å². The van der Waals surface area contributed by atoms with Crippen molar-refractivity contribution in [1.82, 2.24) is 0 Å². The second-order valence-corrected chi connectivity index (χ2v) is 3.55. The van der Waals surface area contributed by atoms with Crippen molar-refractivity contribution >= 4 is 17.8 Å². The van der Waals surface area contributed by atoms with Crippen molar-refractivity contribution in [1.29, 1.82) is 0 Å². The third-order valence-corrected chi connectivity index (χ3v) is 2.46. The fourth-order valence-electron chi connectivity index (χ4n) is 1.58. The van der Waals surface area contributed by atoms with E-state index in [1.165, 1.54) is 6.08 Å². The van der Waals surface area contributed by atoms with Gasteiger partial charge in [0.15, 0.2) is 5.76 Å². The van der Waals surface area contributed by atoms with Gasteiger partial charge in [0.1, 0.15) is 5.75 Å². The number of benzene rings is 1. The van der Waals surface area contributed by atoms with Crippen LogP contribution < -0.4 is 4.74 Å². The van der Waals surface area contributed by atoms with Crippen LogP contribution in [0.1, 0.15) is 12.0 Å². The molecule has 1 aromatic carbocycles. The highest BCUT2D eigenvalue weighted by atomic mass is 16.5. The molecule has 1 aliphatic rings. The lowest BCUT2D eigenvalue weighted by atomic mass is 9.98. The predicted octanol–water partition coefficient (Wildman–Crippen LogP) is 2.02. The minimum absolute atomic E-state index is 0.199. The van der Waals surface area contributed by atoms with Gasteiger partial charge >= 0.3 is 0 Å². The Hall–Kier alpha value is -2.36. The third-order valence-electron chi connectivity index (χ3n) is 2.46. The molecule has 0 saturated heterocycles. The molecule has 0 fully saturated rings. The standard InChI is InChI=1S/C13H10O4/c14-8-17-11-4-1-9(2-5-11)10-3-6-12(15)13(16)7-10/h1-5,7-8,16H,6H2. The Labute approximate surface area is 97.8 Å². The molecule has 0 aromatic heterocycles. The van der Waals surface area contributed by atoms with Crippen molar-refractivity contribution in [2.45, 2.75) is 6.42 Å². The molecule has 4 heteroatoms. The molecule has 0 unspecified atom stereocenters. The second-order valence-electron chi connectivity index (χ2n) is 3.55. The Balaban J connectivity index is 2.24. The van der Waals surface area contributed by atoms with Crippen LogP contribution in [0.3, 0.4) is 0 Å². The Bertz CT molecular complexity index is 509. The van der Waals surface area contributed by atoms with Crippen LogP contribution in [0.25, 0.3) is 5.57 Å². The van der Waals surface area contributed by atoms with Crippen LogP contribution in [0.2, 0.25) is 0 Å². The van der Waals surface area contributed by atoms with Gasteiger partial charge in [-0.3, -0.25) is 9.59 Å². The molecule has 17 heavy (non-hydrogen) atoms. The van der Waals surface area contributed by atoms with Crippen LogP contribution in [0.5, 0.6) is 5.75 Å². The van der Waals surface area contributed by atoms with E-state index < -0.39 is 0 Å². The largest absolute Gasteiger partial charge is 0.504 e. The van der Waals surface area contributed by atoms with Gasteiger partial charge in [0.05, 0.1) is 0 Å². The third kappa shape index (κ3) is 2.42. The molecule has 0 atom stereocenters. The fraction of sp³-hybridized carbons (Fsp3) is 0.0769. The molecule has 86 valence electrons. The lowest BCUT2D eigenvalue weighted by Gasteiger charge is -2.09. The van der Waals surface area contributed by atoms with Crippen molar-refractivity contribution in [3.63, 3.8) is 0 Å². The van der Waals surface area contributed by atoms with Gasteiger partial charge in [-0.2, -0.15) is 0 Å². The maximum absolute atomic E-state index is 11.1. The molecule has 1 N–H and O–H groups in total. The fourth-order valence-corrected chi connectivity index (χ4v) is 1.58. The van der Waals surface area contributed by atoms with Gasteiger partial charge in [-0.15, -0.1) is 0 Å². The van der Waals surface area contributed by atoms with E-state index in [0.29, 0.717) is 12.2 Å². The minimum Gasteiger partial charge on any atom is -0.504 e. The zero-order chi connectivity index (χ0) is 12.3. The van der Waals surface area contributed by atoms with Gasteiger partial charge in [-0.05, 0) is 29.3 Å². The van der Waals surface area contributed by atoms with E-state index in [0.717, 1.165) is 11.1 Å². The average molecular weight is 230 g/mol. The van der Waals surface area contributed by atoms with Gasteiger partial charge < -0.3 is 9.84 Å². The summed E-state index contributed by atoms with van der Waals surface area (Å²) in [5, 5.41) is 9.35. The highest BCUT2D eigenvalue weighted by Gasteiger charge is 2.13. The van der Waals surface area contributed by atoms with Gasteiger partial charge in [-0.25, -0.2) is 0 Å². The number of aliphatic hydroxyl groups is 1. The zero-order valence-electron chi connectivity index (χ0n) is 8.92. The van der Waals surface area contributed by atoms with E-state index in [9.17, 15) is 14.7 Å². The summed E-state index contributed by atoms with van der Waals surface area (Å²) in [5.41, 5.74) is 1.63. The molecule has 0 saturated carbocycles. The highest BCUT2D eigenvalue weighted by Crippen LogP contribution is 2.24. The van der Waals surface area contributed by atoms with E-state index in [4.69, 9.17) is 0 Å². The summed E-state index contributed by atoms with van der Waals surface area (Å²) in [6.45, 7) is 0.360. The van der Waals surface area contributed by atoms with E-state index >= 15 is 0 Å². The first kappa shape index (κ1) is 11.1. The Kier molecular flexibility index (Phi) is 3.05. The Morgan fingerprint density at radius 3 is 2.53 bits per heavy atom. The Morgan fingerprint density at radius 1 is 1.24 bits per heavy atom. The van der Waals surface area contributed by atoms with Crippen LogP contribution in [0.4, 0.5) is 0 Å². The SMILES string of the molecule is O=COc1ccc(C2=CCC(=O)C(O)=C2)cc1. The molecule has 0 heterocycles. The smallest absolute Gasteiger partial charge is 0.298 e. The number of rotatable bonds is 3. The lowest BCUT2D eigenvalue weighted by Crippen LogP contribution is -2.05. The first-order chi connectivity index (χ1) is 8.20. The molecule has 0 spiro atoms. The lowest BCUT2D eigenvalue weighted by molar-refractivity contribution is -0.120. The molecule has 0 aliphatic heterocycles. The minimum atomic E-state index is -0.283. The second kappa shape index (κ2) is 4.65. The zero-order valence-corrected chi connectivity index (χ0v) is 8.92. The predicted molar refractivity (Wildman–Crippen MR) is 61.4 cm³/mol. The maximum Gasteiger partial charge on any atom is 0.298 e. The van der Waals surface area contributed by atoms with E-state index in [-0.39, 0.29) is 18.0 Å². The van der Waals surface area contributed by atoms with E-state index in [1.807, 2.05) is 0 Å². The summed E-state index contributed by atoms with van der Waals surface area (Å²) >= 11 is 0. The summed E-state index contributed by atoms with van der Waals surface area (Å²) in [7, 11) is 0. The number of ketones is 1. The molecular weight excluding hydrogens is 220 g/mol. The first-order valence-electron chi connectivity index (χ1n) is 5.05. The number of ether oxygens (including phenoxy) is 1. The number of Topliss-reactive ketones (excluding diaryl/α,β-unsaturated/α-hetero) is 1. The molecular formula is C13H10O4. The molecule has 1 aliphatic carbocycles. The van der Waals surface area contributed by atoms with Crippen molar-refractivity contribution in [3.05, 3.63) is 47.7 Å². The quantitative estimate of drug-likeness (QED) is 0.807. The van der Waals surface area contributed by atoms with Crippen LogP contribution in [-0.4, -0.2) is 17.4 Å². The molecule has 0 radical (unpaired) electrons. The van der Waals surface area contributed by atoms with Gasteiger partial charge in [0, 0.05) is 6.42 Å². The van der Waals surface area contributed by atoms with E-state index in [2.05, 4.69) is 4.74 Å². The molecule has 4 nitrogen and oxygen atoms in total. The summed E-state index contributed by atoms with van der Waals surface area (Å²) in [5.74, 6) is -0.0604. The van der Waals surface area contributed by atoms with Crippen LogP contribution in [0, 0.1) is 0 Å². The van der Waals surface area contributed by atoms with Crippen molar-refractivity contribution in [3.8, 4) is 5.75 Å². The highest BCUT2D eigenvalue weighted by molar-refractivity contribution is 6.00. The van der Waals surface area contributed by atoms with Crippen LogP contribution >= 0.6 is 0 Å². The van der Waals surface area contributed by atoms with E-state index in [1.54, 1.807) is 30.3 Å². The normalized spacial score (nSPS) is 14.9. The summed E-state index contributed by atoms with van der Waals surface area (Å²) in [6, 6.07) is 6.80. The number of carbonyl (C=O) groups is 2. The van der Waals surface area contributed by atoms with Crippen molar-refractivity contribution < 1.29 is 19.4 Å². The maximum atomic E-state index is 11.1. The molecule has 0 amide bonds. The number of carbonyl (C=O) groups excluding carboxylic acids is 2. The molecule has 1 aromatic rings. The first-order valence-corrected chi connectivity index (χ1v) is 5.05. The topological polar surface area (TPSA) is 63.6 Å². The summed E-state index contributed by atoms with van der Waals surface area (Å²) < 4.78 is 4.67. The summed E-state index contributed by atoms with van der Waals surface area (Å²) in [4.78, 5) is 21.2. The van der Waals surface area contributed by atoms with Crippen LogP contribution in [0.15, 0.2) is 42.2 Å². The van der Waals surface area contributed by atoms with Gasteiger partial charge in [0.25, 0.3) is 6.47 Å². The molecule has 2 rings (SSSR count). The number of aliphatic hydroxyl groups excluding tert-OH is 1.